The lowest BCUT2D eigenvalue weighted by Crippen LogP contribution is -2.00. The van der Waals surface area contributed by atoms with Gasteiger partial charge in [0.25, 0.3) is 0 Å². The number of carbonyl (C=O) groups is 1. The Balaban J connectivity index is 2.45. The van der Waals surface area contributed by atoms with Crippen LogP contribution in [0.1, 0.15) is 12.0 Å². The molecule has 0 amide bonds. The average molecular weight is 210 g/mol. The number of hydrogen-bond acceptors (Lipinski definition) is 3. The largest absolute Gasteiger partial charge is 0.493 e. The molecule has 0 unspecified atom stereocenters. The SMILES string of the molecule is N#Cc1ccc(OCCC(=O)Cl)cc1. The van der Waals surface area contributed by atoms with Gasteiger partial charge >= 0.3 is 0 Å². The zero-order chi connectivity index (χ0) is 10.4. The monoisotopic (exact) mass is 209 g/mol. The van der Waals surface area contributed by atoms with Crippen LogP contribution in [-0.2, 0) is 4.79 Å². The van der Waals surface area contributed by atoms with E-state index in [9.17, 15) is 4.79 Å². The van der Waals surface area contributed by atoms with Gasteiger partial charge in [0.05, 0.1) is 24.7 Å². The number of halogens is 1. The molecule has 1 aromatic rings. The Hall–Kier alpha value is -1.53. The molecule has 3 nitrogen and oxygen atoms in total. The van der Waals surface area contributed by atoms with E-state index in [0.29, 0.717) is 11.3 Å². The van der Waals surface area contributed by atoms with Gasteiger partial charge in [0.2, 0.25) is 5.24 Å². The minimum atomic E-state index is -0.418. The van der Waals surface area contributed by atoms with Crippen molar-refractivity contribution in [2.45, 2.75) is 6.42 Å². The maximum Gasteiger partial charge on any atom is 0.225 e. The highest BCUT2D eigenvalue weighted by molar-refractivity contribution is 6.63. The molecule has 0 aliphatic carbocycles. The normalized spacial score (nSPS) is 9.14. The van der Waals surface area contributed by atoms with Crippen LogP contribution < -0.4 is 4.74 Å². The minimum absolute atomic E-state index is 0.182. The first-order valence-corrected chi connectivity index (χ1v) is 4.41. The van der Waals surface area contributed by atoms with E-state index in [1.54, 1.807) is 24.3 Å². The van der Waals surface area contributed by atoms with Crippen LogP contribution in [0.4, 0.5) is 0 Å². The smallest absolute Gasteiger partial charge is 0.225 e. The molecule has 0 spiro atoms. The minimum Gasteiger partial charge on any atom is -0.493 e. The molecule has 0 saturated heterocycles. The average Bonchev–Trinajstić information content (AvgIpc) is 2.18. The second kappa shape index (κ2) is 5.25. The molecule has 1 rings (SSSR count). The van der Waals surface area contributed by atoms with Gasteiger partial charge < -0.3 is 4.74 Å². The van der Waals surface area contributed by atoms with Gasteiger partial charge in [0.15, 0.2) is 0 Å². The first-order chi connectivity index (χ1) is 6.72. The van der Waals surface area contributed by atoms with Gasteiger partial charge in [-0.1, -0.05) is 0 Å². The maximum atomic E-state index is 10.4. The van der Waals surface area contributed by atoms with Gasteiger partial charge in [-0.25, -0.2) is 0 Å². The fourth-order valence-electron chi connectivity index (χ4n) is 0.875. The van der Waals surface area contributed by atoms with E-state index >= 15 is 0 Å². The van der Waals surface area contributed by atoms with Crippen LogP contribution in [0.5, 0.6) is 5.75 Å². The van der Waals surface area contributed by atoms with Crippen LogP contribution in [0.2, 0.25) is 0 Å². The van der Waals surface area contributed by atoms with E-state index < -0.39 is 5.24 Å². The van der Waals surface area contributed by atoms with Crippen LogP contribution >= 0.6 is 11.6 Å². The lowest BCUT2D eigenvalue weighted by atomic mass is 10.2. The van der Waals surface area contributed by atoms with Gasteiger partial charge in [-0.05, 0) is 35.9 Å². The van der Waals surface area contributed by atoms with Gasteiger partial charge in [-0.15, -0.1) is 0 Å². The summed E-state index contributed by atoms with van der Waals surface area (Å²) >= 11 is 5.13. The Labute approximate surface area is 86.9 Å². The number of nitriles is 1. The first-order valence-electron chi connectivity index (χ1n) is 4.03. The molecule has 4 heteroatoms. The molecule has 0 atom stereocenters. The number of ether oxygens (including phenoxy) is 1. The molecule has 1 aromatic carbocycles. The Bertz CT molecular complexity index is 353. The van der Waals surface area contributed by atoms with E-state index in [4.69, 9.17) is 21.6 Å². The van der Waals surface area contributed by atoms with Gasteiger partial charge in [0.1, 0.15) is 5.75 Å². The van der Waals surface area contributed by atoms with Gasteiger partial charge in [0, 0.05) is 0 Å². The van der Waals surface area contributed by atoms with Crippen molar-refractivity contribution in [1.82, 2.24) is 0 Å². The summed E-state index contributed by atoms with van der Waals surface area (Å²) in [7, 11) is 0. The summed E-state index contributed by atoms with van der Waals surface area (Å²) in [6.45, 7) is 0.258. The van der Waals surface area contributed by atoms with E-state index in [-0.39, 0.29) is 13.0 Å². The second-order valence-electron chi connectivity index (χ2n) is 2.59. The Morgan fingerprint density at radius 3 is 2.57 bits per heavy atom. The number of hydrogen-bond donors (Lipinski definition) is 0. The molecule has 0 saturated carbocycles. The van der Waals surface area contributed by atoms with Crippen LogP contribution in [0.3, 0.4) is 0 Å². The van der Waals surface area contributed by atoms with E-state index in [1.807, 2.05) is 6.07 Å². The Morgan fingerprint density at radius 2 is 2.07 bits per heavy atom. The number of carbonyl (C=O) groups excluding carboxylic acids is 1. The summed E-state index contributed by atoms with van der Waals surface area (Å²) in [5, 5.41) is 8.11. The molecular weight excluding hydrogens is 202 g/mol. The molecule has 14 heavy (non-hydrogen) atoms. The third-order valence-corrected chi connectivity index (χ3v) is 1.74. The van der Waals surface area contributed by atoms with Crippen molar-refractivity contribution in [1.29, 1.82) is 5.26 Å². The molecule has 0 aliphatic heterocycles. The van der Waals surface area contributed by atoms with Crippen molar-refractivity contribution in [2.24, 2.45) is 0 Å². The number of benzene rings is 1. The zero-order valence-electron chi connectivity index (χ0n) is 7.37. The summed E-state index contributed by atoms with van der Waals surface area (Å²) in [4.78, 5) is 10.4. The fraction of sp³-hybridized carbons (Fsp3) is 0.200. The Kier molecular flexibility index (Phi) is 3.96. The zero-order valence-corrected chi connectivity index (χ0v) is 8.12. The summed E-state index contributed by atoms with van der Waals surface area (Å²) in [5.41, 5.74) is 0.575. The van der Waals surface area contributed by atoms with Crippen molar-refractivity contribution in [2.75, 3.05) is 6.61 Å². The van der Waals surface area contributed by atoms with E-state index in [2.05, 4.69) is 0 Å². The summed E-state index contributed by atoms with van der Waals surface area (Å²) in [6.07, 6.45) is 0.182. The number of rotatable bonds is 4. The van der Waals surface area contributed by atoms with E-state index in [1.165, 1.54) is 0 Å². The third-order valence-electron chi connectivity index (χ3n) is 1.55. The molecule has 0 aromatic heterocycles. The molecule has 0 radical (unpaired) electrons. The topological polar surface area (TPSA) is 50.1 Å². The molecule has 0 bridgehead atoms. The highest BCUT2D eigenvalue weighted by Crippen LogP contribution is 2.11. The maximum absolute atomic E-state index is 10.4. The third kappa shape index (κ3) is 3.46. The predicted octanol–water partition coefficient (Wildman–Crippen LogP) is 2.09. The summed E-state index contributed by atoms with van der Waals surface area (Å²) < 4.78 is 5.20. The molecule has 0 aliphatic rings. The highest BCUT2D eigenvalue weighted by Gasteiger charge is 1.97. The Morgan fingerprint density at radius 1 is 1.43 bits per heavy atom. The first kappa shape index (κ1) is 10.6. The van der Waals surface area contributed by atoms with Crippen LogP contribution in [0, 0.1) is 11.3 Å². The lowest BCUT2D eigenvalue weighted by molar-refractivity contribution is -0.112. The van der Waals surface area contributed by atoms with Crippen LogP contribution in [0.15, 0.2) is 24.3 Å². The fourth-order valence-corrected chi connectivity index (χ4v) is 0.952. The van der Waals surface area contributed by atoms with Crippen LogP contribution in [-0.4, -0.2) is 11.8 Å². The standard InChI is InChI=1S/C10H8ClNO2/c11-10(13)5-6-14-9-3-1-8(7-12)2-4-9/h1-4H,5-6H2. The molecule has 0 N–H and O–H groups in total. The second-order valence-corrected chi connectivity index (χ2v) is 3.01. The van der Waals surface area contributed by atoms with E-state index in [0.717, 1.165) is 0 Å². The predicted molar refractivity (Wildman–Crippen MR) is 52.1 cm³/mol. The highest BCUT2D eigenvalue weighted by atomic mass is 35.5. The van der Waals surface area contributed by atoms with Crippen molar-refractivity contribution < 1.29 is 9.53 Å². The number of nitrogens with zero attached hydrogens (tertiary/aromatic N) is 1. The molecule has 0 fully saturated rings. The van der Waals surface area contributed by atoms with Crippen molar-refractivity contribution in [3.63, 3.8) is 0 Å². The summed E-state index contributed by atoms with van der Waals surface area (Å²) in [6, 6.07) is 8.65. The van der Waals surface area contributed by atoms with Gasteiger partial charge in [-0.3, -0.25) is 4.79 Å². The van der Waals surface area contributed by atoms with Gasteiger partial charge in [-0.2, -0.15) is 5.26 Å². The van der Waals surface area contributed by atoms with Crippen molar-refractivity contribution in [3.8, 4) is 11.8 Å². The molecular formula is C10H8ClNO2. The van der Waals surface area contributed by atoms with Crippen LogP contribution in [0.25, 0.3) is 0 Å². The lowest BCUT2D eigenvalue weighted by Gasteiger charge is -2.03. The van der Waals surface area contributed by atoms with Crippen molar-refractivity contribution in [3.05, 3.63) is 29.8 Å². The molecule has 0 heterocycles. The molecule has 72 valence electrons. The summed E-state index contributed by atoms with van der Waals surface area (Å²) in [5.74, 6) is 0.627. The quantitative estimate of drug-likeness (QED) is 0.714. The van der Waals surface area contributed by atoms with Crippen molar-refractivity contribution >= 4 is 16.8 Å².